The van der Waals surface area contributed by atoms with E-state index in [1.54, 1.807) is 12.1 Å². The van der Waals surface area contributed by atoms with Gasteiger partial charge in [-0.15, -0.1) is 0 Å². The van der Waals surface area contributed by atoms with Crippen molar-refractivity contribution in [2.75, 3.05) is 33.0 Å². The van der Waals surface area contributed by atoms with E-state index >= 15 is 0 Å². The van der Waals surface area contributed by atoms with Gasteiger partial charge in [0.25, 0.3) is 0 Å². The fourth-order valence-electron chi connectivity index (χ4n) is 3.39. The summed E-state index contributed by atoms with van der Waals surface area (Å²) >= 11 is 0. The standard InChI is InChI=1S/C20H22N2O5/c23-16(17-2-1-11-25-17)4-6-20(24)22-9-7-21(8-10-22)13-15-3-5-18-19(12-15)27-14-26-18/h1-3,5,11-12H,4,6-10,13-14H2. The van der Waals surface area contributed by atoms with E-state index in [0.717, 1.165) is 31.1 Å². The van der Waals surface area contributed by atoms with Gasteiger partial charge in [0.2, 0.25) is 12.7 Å². The number of hydrogen-bond donors (Lipinski definition) is 0. The first-order chi connectivity index (χ1) is 13.2. The van der Waals surface area contributed by atoms with Crippen molar-refractivity contribution < 1.29 is 23.5 Å². The number of amides is 1. The van der Waals surface area contributed by atoms with E-state index in [-0.39, 0.29) is 31.3 Å². The Balaban J connectivity index is 1.22. The molecule has 0 atom stereocenters. The molecule has 3 heterocycles. The molecule has 0 radical (unpaired) electrons. The predicted molar refractivity (Wildman–Crippen MR) is 96.7 cm³/mol. The fraction of sp³-hybridized carbons (Fsp3) is 0.400. The molecule has 0 bridgehead atoms. The van der Waals surface area contributed by atoms with Crippen molar-refractivity contribution in [3.63, 3.8) is 0 Å². The number of piperazine rings is 1. The summed E-state index contributed by atoms with van der Waals surface area (Å²) in [7, 11) is 0. The number of Topliss-reactive ketones (excluding diaryl/α,β-unsaturated/α-hetero) is 1. The first-order valence-corrected chi connectivity index (χ1v) is 9.14. The second-order valence-corrected chi connectivity index (χ2v) is 6.75. The Morgan fingerprint density at radius 3 is 2.56 bits per heavy atom. The second kappa shape index (κ2) is 7.84. The zero-order valence-electron chi connectivity index (χ0n) is 15.1. The smallest absolute Gasteiger partial charge is 0.231 e. The lowest BCUT2D eigenvalue weighted by atomic mass is 10.1. The molecule has 0 unspecified atom stereocenters. The Kier molecular flexibility index (Phi) is 5.11. The van der Waals surface area contributed by atoms with Gasteiger partial charge < -0.3 is 18.8 Å². The fourth-order valence-corrected chi connectivity index (χ4v) is 3.39. The number of rotatable bonds is 6. The predicted octanol–water partition coefficient (Wildman–Crippen LogP) is 2.32. The van der Waals surface area contributed by atoms with E-state index in [1.807, 2.05) is 23.1 Å². The number of carbonyl (C=O) groups is 2. The van der Waals surface area contributed by atoms with Crippen molar-refractivity contribution in [2.24, 2.45) is 0 Å². The van der Waals surface area contributed by atoms with Crippen molar-refractivity contribution in [2.45, 2.75) is 19.4 Å². The number of nitrogens with zero attached hydrogens (tertiary/aromatic N) is 2. The van der Waals surface area contributed by atoms with Crippen LogP contribution in [-0.2, 0) is 11.3 Å². The Hall–Kier alpha value is -2.80. The molecule has 1 saturated heterocycles. The molecule has 142 valence electrons. The van der Waals surface area contributed by atoms with Crippen LogP contribution in [0.4, 0.5) is 0 Å². The normalized spacial score (nSPS) is 16.5. The van der Waals surface area contributed by atoms with Crippen LogP contribution in [0.25, 0.3) is 0 Å². The minimum absolute atomic E-state index is 0.0256. The third-order valence-corrected chi connectivity index (χ3v) is 4.93. The van der Waals surface area contributed by atoms with Crippen LogP contribution in [-0.4, -0.2) is 54.5 Å². The molecule has 27 heavy (non-hydrogen) atoms. The van der Waals surface area contributed by atoms with Crippen LogP contribution in [0.2, 0.25) is 0 Å². The van der Waals surface area contributed by atoms with Gasteiger partial charge in [0.05, 0.1) is 6.26 Å². The molecule has 0 N–H and O–H groups in total. The third kappa shape index (κ3) is 4.14. The van der Waals surface area contributed by atoms with E-state index in [4.69, 9.17) is 13.9 Å². The van der Waals surface area contributed by atoms with Crippen molar-refractivity contribution in [1.82, 2.24) is 9.80 Å². The van der Waals surface area contributed by atoms with Crippen LogP contribution in [0.15, 0.2) is 41.0 Å². The molecule has 4 rings (SSSR count). The van der Waals surface area contributed by atoms with Gasteiger partial charge in [0.1, 0.15) is 0 Å². The molecule has 1 amide bonds. The molecule has 2 aliphatic rings. The summed E-state index contributed by atoms with van der Waals surface area (Å²) in [6.45, 7) is 4.08. The second-order valence-electron chi connectivity index (χ2n) is 6.75. The van der Waals surface area contributed by atoms with Crippen LogP contribution in [0, 0.1) is 0 Å². The first-order valence-electron chi connectivity index (χ1n) is 9.14. The lowest BCUT2D eigenvalue weighted by Crippen LogP contribution is -2.48. The maximum atomic E-state index is 12.4. The van der Waals surface area contributed by atoms with E-state index in [9.17, 15) is 9.59 Å². The molecule has 1 fully saturated rings. The number of ether oxygens (including phenoxy) is 2. The Morgan fingerprint density at radius 2 is 1.78 bits per heavy atom. The first kappa shape index (κ1) is 17.6. The van der Waals surface area contributed by atoms with E-state index in [2.05, 4.69) is 4.90 Å². The molecule has 0 saturated carbocycles. The molecular formula is C20H22N2O5. The lowest BCUT2D eigenvalue weighted by Gasteiger charge is -2.34. The number of carbonyl (C=O) groups excluding carboxylic acids is 2. The molecular weight excluding hydrogens is 348 g/mol. The highest BCUT2D eigenvalue weighted by molar-refractivity contribution is 5.95. The summed E-state index contributed by atoms with van der Waals surface area (Å²) in [4.78, 5) is 28.4. The van der Waals surface area contributed by atoms with E-state index < -0.39 is 0 Å². The molecule has 0 spiro atoms. The van der Waals surface area contributed by atoms with Crippen LogP contribution >= 0.6 is 0 Å². The Morgan fingerprint density at radius 1 is 0.963 bits per heavy atom. The van der Waals surface area contributed by atoms with Gasteiger partial charge in [-0.2, -0.15) is 0 Å². The molecule has 7 heteroatoms. The highest BCUT2D eigenvalue weighted by Crippen LogP contribution is 2.32. The molecule has 1 aromatic heterocycles. The van der Waals surface area contributed by atoms with Gasteiger partial charge >= 0.3 is 0 Å². The number of ketones is 1. The summed E-state index contributed by atoms with van der Waals surface area (Å²) in [5.41, 5.74) is 1.17. The van der Waals surface area contributed by atoms with Gasteiger partial charge in [-0.05, 0) is 29.8 Å². The van der Waals surface area contributed by atoms with Gasteiger partial charge in [-0.1, -0.05) is 6.07 Å². The average Bonchev–Trinajstić information content (AvgIpc) is 3.38. The zero-order chi connectivity index (χ0) is 18.6. The number of furan rings is 1. The van der Waals surface area contributed by atoms with Gasteiger partial charge in [0.15, 0.2) is 23.0 Å². The molecule has 2 aliphatic heterocycles. The van der Waals surface area contributed by atoms with Crippen LogP contribution in [0.3, 0.4) is 0 Å². The minimum atomic E-state index is -0.130. The molecule has 1 aromatic carbocycles. The van der Waals surface area contributed by atoms with E-state index in [1.165, 1.54) is 11.8 Å². The number of hydrogen-bond acceptors (Lipinski definition) is 6. The molecule has 2 aromatic rings. The quantitative estimate of drug-likeness (QED) is 0.727. The summed E-state index contributed by atoms with van der Waals surface area (Å²) < 4.78 is 15.8. The van der Waals surface area contributed by atoms with Crippen molar-refractivity contribution in [1.29, 1.82) is 0 Å². The Labute approximate surface area is 157 Å². The highest BCUT2D eigenvalue weighted by Gasteiger charge is 2.23. The monoisotopic (exact) mass is 370 g/mol. The van der Waals surface area contributed by atoms with Crippen molar-refractivity contribution in [3.8, 4) is 11.5 Å². The van der Waals surface area contributed by atoms with E-state index in [0.29, 0.717) is 18.8 Å². The van der Waals surface area contributed by atoms with Gasteiger partial charge in [0, 0.05) is 45.6 Å². The lowest BCUT2D eigenvalue weighted by molar-refractivity contribution is -0.133. The van der Waals surface area contributed by atoms with Crippen LogP contribution in [0.5, 0.6) is 11.5 Å². The molecule has 7 nitrogen and oxygen atoms in total. The third-order valence-electron chi connectivity index (χ3n) is 4.93. The zero-order valence-corrected chi connectivity index (χ0v) is 15.1. The summed E-state index contributed by atoms with van der Waals surface area (Å²) in [5, 5.41) is 0. The van der Waals surface area contributed by atoms with Crippen molar-refractivity contribution >= 4 is 11.7 Å². The SMILES string of the molecule is O=C(CCC(=O)N1CCN(Cc2ccc3c(c2)OCO3)CC1)c1ccco1. The minimum Gasteiger partial charge on any atom is -0.461 e. The highest BCUT2D eigenvalue weighted by atomic mass is 16.7. The topological polar surface area (TPSA) is 72.2 Å². The Bertz CT molecular complexity index is 810. The summed E-state index contributed by atoms with van der Waals surface area (Å²) in [6, 6.07) is 9.30. The maximum Gasteiger partial charge on any atom is 0.231 e. The van der Waals surface area contributed by atoms with Crippen LogP contribution < -0.4 is 9.47 Å². The van der Waals surface area contributed by atoms with Crippen LogP contribution in [0.1, 0.15) is 29.0 Å². The van der Waals surface area contributed by atoms with Gasteiger partial charge in [-0.3, -0.25) is 14.5 Å². The maximum absolute atomic E-state index is 12.4. The summed E-state index contributed by atoms with van der Waals surface area (Å²) in [6.07, 6.45) is 1.87. The van der Waals surface area contributed by atoms with Crippen molar-refractivity contribution in [3.05, 3.63) is 47.9 Å². The number of benzene rings is 1. The van der Waals surface area contributed by atoms with Gasteiger partial charge in [-0.25, -0.2) is 0 Å². The number of fused-ring (bicyclic) bond motifs is 1. The molecule has 0 aliphatic carbocycles. The summed E-state index contributed by atoms with van der Waals surface area (Å²) in [5.74, 6) is 1.80. The average molecular weight is 370 g/mol. The largest absolute Gasteiger partial charge is 0.461 e.